The zero-order chi connectivity index (χ0) is 24.0. The summed E-state index contributed by atoms with van der Waals surface area (Å²) in [4.78, 5) is 27.3. The van der Waals surface area contributed by atoms with E-state index in [-0.39, 0.29) is 12.3 Å². The van der Waals surface area contributed by atoms with Crippen LogP contribution < -0.4 is 4.90 Å². The van der Waals surface area contributed by atoms with Gasteiger partial charge in [-0.3, -0.25) is 9.59 Å². The number of aryl methyl sites for hydroxylation is 1. The number of nitrogens with zero attached hydrogens (tertiary/aromatic N) is 1. The SMILES string of the molecule is CCN(C(=O)CC(C)OC(=O)C(C)c1ccc(-c2ccccc2)c(F)c1)c1ccccc1C. The van der Waals surface area contributed by atoms with Crippen LogP contribution in [0.15, 0.2) is 72.8 Å². The lowest BCUT2D eigenvalue weighted by molar-refractivity contribution is -0.150. The molecule has 0 spiro atoms. The van der Waals surface area contributed by atoms with Crippen molar-refractivity contribution in [1.29, 1.82) is 0 Å². The van der Waals surface area contributed by atoms with Crippen molar-refractivity contribution in [3.8, 4) is 11.1 Å². The lowest BCUT2D eigenvalue weighted by atomic mass is 9.97. The second-order valence-electron chi connectivity index (χ2n) is 8.20. The van der Waals surface area contributed by atoms with Crippen molar-refractivity contribution in [3.05, 3.63) is 89.7 Å². The van der Waals surface area contributed by atoms with Gasteiger partial charge in [0.25, 0.3) is 0 Å². The van der Waals surface area contributed by atoms with E-state index in [9.17, 15) is 14.0 Å². The van der Waals surface area contributed by atoms with Crippen LogP contribution in [-0.2, 0) is 14.3 Å². The summed E-state index contributed by atoms with van der Waals surface area (Å²) in [5, 5.41) is 0. The lowest BCUT2D eigenvalue weighted by Crippen LogP contribution is -2.34. The molecule has 0 bridgehead atoms. The Balaban J connectivity index is 1.64. The van der Waals surface area contributed by atoms with E-state index in [1.807, 2.05) is 68.4 Å². The molecule has 3 rings (SSSR count). The zero-order valence-electron chi connectivity index (χ0n) is 19.5. The van der Waals surface area contributed by atoms with Gasteiger partial charge >= 0.3 is 5.97 Å². The van der Waals surface area contributed by atoms with Crippen molar-refractivity contribution in [1.82, 2.24) is 0 Å². The Morgan fingerprint density at radius 2 is 1.64 bits per heavy atom. The van der Waals surface area contributed by atoms with Gasteiger partial charge in [0.15, 0.2) is 0 Å². The summed E-state index contributed by atoms with van der Waals surface area (Å²) in [7, 11) is 0. The molecule has 0 radical (unpaired) electrons. The first-order valence-electron chi connectivity index (χ1n) is 11.2. The number of hydrogen-bond donors (Lipinski definition) is 0. The van der Waals surface area contributed by atoms with E-state index in [2.05, 4.69) is 0 Å². The summed E-state index contributed by atoms with van der Waals surface area (Å²) in [6.45, 7) is 7.77. The fourth-order valence-corrected chi connectivity index (χ4v) is 3.83. The van der Waals surface area contributed by atoms with Crippen LogP contribution in [0, 0.1) is 12.7 Å². The maximum absolute atomic E-state index is 14.7. The van der Waals surface area contributed by atoms with Crippen LogP contribution in [0.5, 0.6) is 0 Å². The van der Waals surface area contributed by atoms with E-state index in [0.29, 0.717) is 17.7 Å². The maximum atomic E-state index is 14.7. The van der Waals surface area contributed by atoms with Gasteiger partial charge in [0.05, 0.1) is 12.3 Å². The molecule has 0 aliphatic heterocycles. The third-order valence-electron chi connectivity index (χ3n) is 5.73. The summed E-state index contributed by atoms with van der Waals surface area (Å²) in [6.07, 6.45) is -0.527. The zero-order valence-corrected chi connectivity index (χ0v) is 19.5. The fourth-order valence-electron chi connectivity index (χ4n) is 3.83. The number of esters is 1. The standard InChI is InChI=1S/C28H30FNO3/c1-5-30(26-14-10-9-11-19(26)2)27(31)17-20(3)33-28(32)21(4)23-15-16-24(25(29)18-23)22-12-7-6-8-13-22/h6-16,18,20-21H,5,17H2,1-4H3. The van der Waals surface area contributed by atoms with Crippen LogP contribution in [0.4, 0.5) is 10.1 Å². The van der Waals surface area contributed by atoms with Gasteiger partial charge < -0.3 is 9.64 Å². The normalized spacial score (nSPS) is 12.6. The van der Waals surface area contributed by atoms with Crippen molar-refractivity contribution in [2.24, 2.45) is 0 Å². The summed E-state index contributed by atoms with van der Waals surface area (Å²) in [5.74, 6) is -1.64. The average Bonchev–Trinajstić information content (AvgIpc) is 2.80. The molecular formula is C28H30FNO3. The topological polar surface area (TPSA) is 46.6 Å². The first-order chi connectivity index (χ1) is 15.8. The van der Waals surface area contributed by atoms with Crippen LogP contribution >= 0.6 is 0 Å². The molecule has 0 saturated heterocycles. The first-order valence-corrected chi connectivity index (χ1v) is 11.2. The number of carbonyl (C=O) groups excluding carboxylic acids is 2. The molecule has 0 saturated carbocycles. The van der Waals surface area contributed by atoms with Crippen molar-refractivity contribution in [2.75, 3.05) is 11.4 Å². The Labute approximate surface area is 195 Å². The molecular weight excluding hydrogens is 417 g/mol. The number of hydrogen-bond acceptors (Lipinski definition) is 3. The van der Waals surface area contributed by atoms with E-state index in [0.717, 1.165) is 16.8 Å². The monoisotopic (exact) mass is 447 g/mol. The number of rotatable bonds is 8. The highest BCUT2D eigenvalue weighted by Gasteiger charge is 2.24. The van der Waals surface area contributed by atoms with Crippen molar-refractivity contribution >= 4 is 17.6 Å². The molecule has 0 fully saturated rings. The smallest absolute Gasteiger partial charge is 0.313 e. The van der Waals surface area contributed by atoms with Crippen LogP contribution in [0.1, 0.15) is 44.2 Å². The minimum atomic E-state index is -0.652. The maximum Gasteiger partial charge on any atom is 0.313 e. The number of amides is 1. The van der Waals surface area contributed by atoms with Gasteiger partial charge in [0.1, 0.15) is 11.9 Å². The largest absolute Gasteiger partial charge is 0.462 e. The predicted octanol–water partition coefficient (Wildman–Crippen LogP) is 6.28. The Hall–Kier alpha value is -3.47. The van der Waals surface area contributed by atoms with Crippen LogP contribution in [0.25, 0.3) is 11.1 Å². The Morgan fingerprint density at radius 3 is 2.27 bits per heavy atom. The highest BCUT2D eigenvalue weighted by molar-refractivity contribution is 5.94. The summed E-state index contributed by atoms with van der Waals surface area (Å²) >= 11 is 0. The molecule has 3 aromatic carbocycles. The minimum Gasteiger partial charge on any atom is -0.462 e. The number of carbonyl (C=O) groups is 2. The Bertz CT molecular complexity index is 1110. The molecule has 2 unspecified atom stereocenters. The molecule has 172 valence electrons. The molecule has 0 heterocycles. The number of benzene rings is 3. The molecule has 1 amide bonds. The van der Waals surface area contributed by atoms with Gasteiger partial charge in [-0.05, 0) is 56.5 Å². The number of ether oxygens (including phenoxy) is 1. The third kappa shape index (κ3) is 5.86. The molecule has 5 heteroatoms. The predicted molar refractivity (Wildman–Crippen MR) is 130 cm³/mol. The van der Waals surface area contributed by atoms with E-state index >= 15 is 0 Å². The van der Waals surface area contributed by atoms with Crippen molar-refractivity contribution in [3.63, 3.8) is 0 Å². The van der Waals surface area contributed by atoms with Crippen LogP contribution in [-0.4, -0.2) is 24.5 Å². The molecule has 0 aromatic heterocycles. The molecule has 0 aliphatic carbocycles. The minimum absolute atomic E-state index is 0.0714. The van der Waals surface area contributed by atoms with Crippen LogP contribution in [0.2, 0.25) is 0 Å². The van der Waals surface area contributed by atoms with E-state index in [4.69, 9.17) is 4.74 Å². The first kappa shape index (κ1) is 24.2. The second-order valence-corrected chi connectivity index (χ2v) is 8.20. The second kappa shape index (κ2) is 10.9. The fraction of sp³-hybridized carbons (Fsp3) is 0.286. The highest BCUT2D eigenvalue weighted by atomic mass is 19.1. The molecule has 33 heavy (non-hydrogen) atoms. The van der Waals surface area contributed by atoms with E-state index < -0.39 is 23.8 Å². The van der Waals surface area contributed by atoms with Crippen LogP contribution in [0.3, 0.4) is 0 Å². The van der Waals surface area contributed by atoms with E-state index in [1.54, 1.807) is 30.9 Å². The van der Waals surface area contributed by atoms with Gasteiger partial charge in [-0.25, -0.2) is 4.39 Å². The van der Waals surface area contributed by atoms with Gasteiger partial charge in [0.2, 0.25) is 5.91 Å². The quantitative estimate of drug-likeness (QED) is 0.382. The molecule has 0 aliphatic rings. The van der Waals surface area contributed by atoms with Gasteiger partial charge in [0, 0.05) is 17.8 Å². The summed E-state index contributed by atoms with van der Waals surface area (Å²) in [6, 6.07) is 21.7. The Morgan fingerprint density at radius 1 is 0.970 bits per heavy atom. The van der Waals surface area contributed by atoms with Crippen molar-refractivity contribution < 1.29 is 18.7 Å². The van der Waals surface area contributed by atoms with Gasteiger partial charge in [-0.15, -0.1) is 0 Å². The van der Waals surface area contributed by atoms with Crippen molar-refractivity contribution in [2.45, 2.75) is 46.1 Å². The third-order valence-corrected chi connectivity index (χ3v) is 5.73. The van der Waals surface area contributed by atoms with Gasteiger partial charge in [-0.1, -0.05) is 60.7 Å². The molecule has 4 nitrogen and oxygen atoms in total. The number of anilines is 1. The summed E-state index contributed by atoms with van der Waals surface area (Å²) in [5.41, 5.74) is 3.65. The molecule has 2 atom stereocenters. The summed E-state index contributed by atoms with van der Waals surface area (Å²) < 4.78 is 20.3. The average molecular weight is 448 g/mol. The Kier molecular flexibility index (Phi) is 7.99. The van der Waals surface area contributed by atoms with Gasteiger partial charge in [-0.2, -0.15) is 0 Å². The molecule has 0 N–H and O–H groups in total. The highest BCUT2D eigenvalue weighted by Crippen LogP contribution is 2.27. The number of para-hydroxylation sites is 1. The lowest BCUT2D eigenvalue weighted by Gasteiger charge is -2.25. The number of halogens is 1. The van der Waals surface area contributed by atoms with E-state index in [1.165, 1.54) is 6.07 Å². The molecule has 3 aromatic rings.